The van der Waals surface area contributed by atoms with Gasteiger partial charge in [-0.2, -0.15) is 5.26 Å². The van der Waals surface area contributed by atoms with E-state index < -0.39 is 12.1 Å². The fourth-order valence-electron chi connectivity index (χ4n) is 3.33. The van der Waals surface area contributed by atoms with Gasteiger partial charge in [0.1, 0.15) is 11.8 Å². The molecule has 0 spiro atoms. The van der Waals surface area contributed by atoms with Crippen LogP contribution >= 0.6 is 23.2 Å². The summed E-state index contributed by atoms with van der Waals surface area (Å²) >= 11 is 12.1. The highest BCUT2D eigenvalue weighted by Crippen LogP contribution is 2.37. The van der Waals surface area contributed by atoms with Crippen LogP contribution in [0.3, 0.4) is 0 Å². The van der Waals surface area contributed by atoms with Crippen LogP contribution in [0, 0.1) is 11.3 Å². The summed E-state index contributed by atoms with van der Waals surface area (Å²) in [4.78, 5) is 13.2. The highest BCUT2D eigenvalue weighted by molar-refractivity contribution is 6.42. The summed E-state index contributed by atoms with van der Waals surface area (Å²) in [5.41, 5.74) is 3.07. The molecule has 0 saturated carbocycles. The van der Waals surface area contributed by atoms with E-state index in [4.69, 9.17) is 27.9 Å². The quantitative estimate of drug-likeness (QED) is 0.824. The third kappa shape index (κ3) is 3.44. The minimum absolute atomic E-state index is 0.378. The van der Waals surface area contributed by atoms with Gasteiger partial charge in [0.25, 0.3) is 0 Å². The maximum Gasteiger partial charge on any atom is 0.407 e. The van der Waals surface area contributed by atoms with Crippen molar-refractivity contribution in [2.75, 3.05) is 13.7 Å². The number of carboxylic acid groups (broad SMARTS) is 1. The van der Waals surface area contributed by atoms with Crippen LogP contribution in [0.5, 0.6) is 5.75 Å². The van der Waals surface area contributed by atoms with Gasteiger partial charge >= 0.3 is 6.09 Å². The Morgan fingerprint density at radius 1 is 1.35 bits per heavy atom. The number of carbonyl (C=O) groups is 1. The second-order valence-electron chi connectivity index (χ2n) is 6.06. The Bertz CT molecular complexity index is 908. The van der Waals surface area contributed by atoms with Crippen molar-refractivity contribution in [1.29, 1.82) is 5.26 Å². The lowest BCUT2D eigenvalue weighted by Crippen LogP contribution is -2.40. The molecule has 7 heteroatoms. The molecule has 3 rings (SSSR count). The van der Waals surface area contributed by atoms with Gasteiger partial charge in [0, 0.05) is 6.54 Å². The number of fused-ring (bicyclic) bond motifs is 1. The van der Waals surface area contributed by atoms with Crippen molar-refractivity contribution in [1.82, 2.24) is 4.90 Å². The molecule has 2 aromatic rings. The van der Waals surface area contributed by atoms with E-state index in [2.05, 4.69) is 6.07 Å². The molecule has 0 bridgehead atoms. The summed E-state index contributed by atoms with van der Waals surface area (Å²) in [5, 5.41) is 19.9. The normalized spacial score (nSPS) is 15.9. The van der Waals surface area contributed by atoms with E-state index in [1.54, 1.807) is 18.2 Å². The number of nitriles is 1. The van der Waals surface area contributed by atoms with Crippen molar-refractivity contribution in [2.45, 2.75) is 18.9 Å². The van der Waals surface area contributed by atoms with Gasteiger partial charge in [-0.15, -0.1) is 0 Å². The first-order chi connectivity index (χ1) is 12.4. The zero-order chi connectivity index (χ0) is 18.8. The van der Waals surface area contributed by atoms with E-state index in [0.717, 1.165) is 16.7 Å². The second kappa shape index (κ2) is 7.45. The summed E-state index contributed by atoms with van der Waals surface area (Å²) in [6.45, 7) is 0.378. The molecule has 5 nitrogen and oxygen atoms in total. The smallest absolute Gasteiger partial charge is 0.407 e. The molecule has 0 fully saturated rings. The topological polar surface area (TPSA) is 73.6 Å². The molecule has 26 heavy (non-hydrogen) atoms. The Labute approximate surface area is 161 Å². The van der Waals surface area contributed by atoms with Crippen molar-refractivity contribution in [2.24, 2.45) is 0 Å². The molecular weight excluding hydrogens is 375 g/mol. The summed E-state index contributed by atoms with van der Waals surface area (Å²) in [5.74, 6) is 0.503. The molecule has 0 radical (unpaired) electrons. The van der Waals surface area contributed by atoms with E-state index in [1.807, 2.05) is 12.1 Å². The first kappa shape index (κ1) is 18.4. The summed E-state index contributed by atoms with van der Waals surface area (Å²) in [6.07, 6.45) is 0.0182. The van der Waals surface area contributed by atoms with Gasteiger partial charge in [-0.3, -0.25) is 0 Å². The lowest BCUT2D eigenvalue weighted by atomic mass is 9.87. The van der Waals surface area contributed by atoms with Gasteiger partial charge in [-0.1, -0.05) is 29.3 Å². The average Bonchev–Trinajstić information content (AvgIpc) is 2.63. The fraction of sp³-hybridized carbons (Fsp3) is 0.263. The van der Waals surface area contributed by atoms with Crippen LogP contribution in [0.1, 0.15) is 28.3 Å². The summed E-state index contributed by atoms with van der Waals surface area (Å²) in [6, 6.07) is 10.5. The Morgan fingerprint density at radius 2 is 2.12 bits per heavy atom. The zero-order valence-electron chi connectivity index (χ0n) is 14.0. The standard InChI is InChI=1S/C19H16Cl2N2O3/c1-26-18-9-12-4-5-23(19(24)25)17(14(12)8-13(18)10-22)7-11-2-3-15(20)16(21)6-11/h2-3,6,8-9,17H,4-5,7H2,1H3,(H,24,25). The lowest BCUT2D eigenvalue weighted by molar-refractivity contribution is 0.119. The van der Waals surface area contributed by atoms with Gasteiger partial charge in [0.2, 0.25) is 0 Å². The first-order valence-corrected chi connectivity index (χ1v) is 8.74. The summed E-state index contributed by atoms with van der Waals surface area (Å²) in [7, 11) is 1.52. The third-order valence-electron chi connectivity index (χ3n) is 4.60. The van der Waals surface area contributed by atoms with Gasteiger partial charge in [-0.25, -0.2) is 4.79 Å². The van der Waals surface area contributed by atoms with Crippen LogP contribution < -0.4 is 4.74 Å². The van der Waals surface area contributed by atoms with E-state index >= 15 is 0 Å². The molecule has 0 saturated heterocycles. The number of hydrogen-bond acceptors (Lipinski definition) is 3. The van der Waals surface area contributed by atoms with Gasteiger partial charge in [-0.05, 0) is 53.8 Å². The molecule has 1 atom stereocenters. The Hall–Kier alpha value is -2.42. The average molecular weight is 391 g/mol. The number of benzene rings is 2. The van der Waals surface area contributed by atoms with E-state index in [0.29, 0.717) is 40.7 Å². The molecule has 1 N–H and O–H groups in total. The first-order valence-electron chi connectivity index (χ1n) is 7.99. The van der Waals surface area contributed by atoms with Gasteiger partial charge in [0.15, 0.2) is 0 Å². The molecule has 134 valence electrons. The van der Waals surface area contributed by atoms with Crippen LogP contribution in [0.25, 0.3) is 0 Å². The fourth-order valence-corrected chi connectivity index (χ4v) is 3.65. The SMILES string of the molecule is COc1cc2c(cc1C#N)C(Cc1ccc(Cl)c(Cl)c1)N(C(=O)O)CC2. The van der Waals surface area contributed by atoms with Crippen molar-refractivity contribution in [3.05, 3.63) is 62.6 Å². The molecule has 1 heterocycles. The molecular formula is C19H16Cl2N2O3. The van der Waals surface area contributed by atoms with Crippen LogP contribution in [-0.4, -0.2) is 29.8 Å². The maximum absolute atomic E-state index is 11.8. The number of methoxy groups -OCH3 is 1. The molecule has 1 amide bonds. The number of halogens is 2. The minimum Gasteiger partial charge on any atom is -0.495 e. The Balaban J connectivity index is 2.06. The Morgan fingerprint density at radius 3 is 2.73 bits per heavy atom. The third-order valence-corrected chi connectivity index (χ3v) is 5.34. The van der Waals surface area contributed by atoms with E-state index in [-0.39, 0.29) is 0 Å². The molecule has 0 aromatic heterocycles. The van der Waals surface area contributed by atoms with E-state index in [9.17, 15) is 15.2 Å². The molecule has 0 aliphatic carbocycles. The predicted octanol–water partition coefficient (Wildman–Crippen LogP) is 4.69. The molecule has 1 aliphatic heterocycles. The van der Waals surface area contributed by atoms with Gasteiger partial charge < -0.3 is 14.7 Å². The predicted molar refractivity (Wildman–Crippen MR) is 99.1 cm³/mol. The number of amides is 1. The second-order valence-corrected chi connectivity index (χ2v) is 6.87. The monoisotopic (exact) mass is 390 g/mol. The van der Waals surface area contributed by atoms with Crippen molar-refractivity contribution in [3.63, 3.8) is 0 Å². The van der Waals surface area contributed by atoms with E-state index in [1.165, 1.54) is 12.0 Å². The van der Waals surface area contributed by atoms with Gasteiger partial charge in [0.05, 0.1) is 28.8 Å². The largest absolute Gasteiger partial charge is 0.495 e. The van der Waals surface area contributed by atoms with Crippen molar-refractivity contribution < 1.29 is 14.6 Å². The minimum atomic E-state index is -0.991. The van der Waals surface area contributed by atoms with Crippen LogP contribution in [0.2, 0.25) is 10.0 Å². The van der Waals surface area contributed by atoms with Crippen molar-refractivity contribution >= 4 is 29.3 Å². The number of ether oxygens (including phenoxy) is 1. The number of rotatable bonds is 3. The highest BCUT2D eigenvalue weighted by atomic mass is 35.5. The van der Waals surface area contributed by atoms with Crippen LogP contribution in [0.15, 0.2) is 30.3 Å². The molecule has 2 aromatic carbocycles. The maximum atomic E-state index is 11.8. The van der Waals surface area contributed by atoms with Crippen LogP contribution in [-0.2, 0) is 12.8 Å². The van der Waals surface area contributed by atoms with Crippen molar-refractivity contribution in [3.8, 4) is 11.8 Å². The zero-order valence-corrected chi connectivity index (χ0v) is 15.5. The summed E-state index contributed by atoms with van der Waals surface area (Å²) < 4.78 is 5.27. The number of hydrogen-bond donors (Lipinski definition) is 1. The Kier molecular flexibility index (Phi) is 5.26. The number of nitrogens with zero attached hydrogens (tertiary/aromatic N) is 2. The lowest BCUT2D eigenvalue weighted by Gasteiger charge is -2.36. The highest BCUT2D eigenvalue weighted by Gasteiger charge is 2.32. The molecule has 1 aliphatic rings. The molecule has 1 unspecified atom stereocenters. The van der Waals surface area contributed by atoms with Crippen LogP contribution in [0.4, 0.5) is 4.79 Å².